The third kappa shape index (κ3) is 4.74. The molecule has 3 rings (SSSR count). The summed E-state index contributed by atoms with van der Waals surface area (Å²) in [5, 5.41) is 7.68. The molecule has 0 amide bonds. The number of nitrogens with zero attached hydrogens (tertiary/aromatic N) is 5. The zero-order valence-electron chi connectivity index (χ0n) is 13.6. The standard InChI is InChI=1S/C17H11ClF3N5O/c1-22-13-6-5-11(8-12(13)18)26(10-17(19,20)21)9-15-24-25-16(27-15)14-4-2-3-7-23-14/h2-8H,9-10H2. The van der Waals surface area contributed by atoms with Gasteiger partial charge in [-0.1, -0.05) is 23.7 Å². The second-order valence-electron chi connectivity index (χ2n) is 5.43. The monoisotopic (exact) mass is 393 g/mol. The predicted octanol–water partition coefficient (Wildman–Crippen LogP) is 4.90. The van der Waals surface area contributed by atoms with Crippen molar-refractivity contribution in [3.05, 3.63) is 64.9 Å². The van der Waals surface area contributed by atoms with Crippen molar-refractivity contribution in [3.63, 3.8) is 0 Å². The Morgan fingerprint density at radius 2 is 2.00 bits per heavy atom. The van der Waals surface area contributed by atoms with E-state index in [1.807, 2.05) is 0 Å². The molecule has 1 aromatic carbocycles. The van der Waals surface area contributed by atoms with Crippen LogP contribution in [0, 0.1) is 6.57 Å². The molecule has 6 nitrogen and oxygen atoms in total. The van der Waals surface area contributed by atoms with Crippen molar-refractivity contribution in [2.24, 2.45) is 0 Å². The second-order valence-corrected chi connectivity index (χ2v) is 5.84. The highest BCUT2D eigenvalue weighted by molar-refractivity contribution is 6.33. The maximum absolute atomic E-state index is 13.0. The van der Waals surface area contributed by atoms with Crippen LogP contribution in [0.5, 0.6) is 0 Å². The van der Waals surface area contributed by atoms with E-state index in [-0.39, 0.29) is 34.7 Å². The Bertz CT molecular complexity index is 969. The molecule has 0 radical (unpaired) electrons. The summed E-state index contributed by atoms with van der Waals surface area (Å²) in [7, 11) is 0. The topological polar surface area (TPSA) is 59.4 Å². The molecule has 3 aromatic rings. The highest BCUT2D eigenvalue weighted by Crippen LogP contribution is 2.32. The number of rotatable bonds is 5. The van der Waals surface area contributed by atoms with Crippen LogP contribution < -0.4 is 4.90 Å². The van der Waals surface area contributed by atoms with Gasteiger partial charge in [-0.3, -0.25) is 4.98 Å². The molecule has 0 aliphatic carbocycles. The Morgan fingerprint density at radius 3 is 2.63 bits per heavy atom. The lowest BCUT2D eigenvalue weighted by molar-refractivity contribution is -0.120. The van der Waals surface area contributed by atoms with E-state index in [4.69, 9.17) is 22.6 Å². The van der Waals surface area contributed by atoms with E-state index >= 15 is 0 Å². The summed E-state index contributed by atoms with van der Waals surface area (Å²) in [6.45, 7) is 5.45. The minimum absolute atomic E-state index is 0.00900. The Labute approximate surface area is 157 Å². The van der Waals surface area contributed by atoms with Crippen LogP contribution in [0.3, 0.4) is 0 Å². The van der Waals surface area contributed by atoms with Gasteiger partial charge in [0, 0.05) is 16.9 Å². The molecule has 0 saturated carbocycles. The van der Waals surface area contributed by atoms with E-state index < -0.39 is 12.7 Å². The molecule has 2 heterocycles. The first-order valence-electron chi connectivity index (χ1n) is 7.58. The molecular formula is C17H11ClF3N5O. The van der Waals surface area contributed by atoms with Crippen molar-refractivity contribution in [2.45, 2.75) is 12.7 Å². The Morgan fingerprint density at radius 1 is 1.19 bits per heavy atom. The molecule has 0 aliphatic rings. The molecular weight excluding hydrogens is 383 g/mol. The van der Waals surface area contributed by atoms with Gasteiger partial charge in [0.05, 0.1) is 13.1 Å². The lowest BCUT2D eigenvalue weighted by Gasteiger charge is -2.24. The van der Waals surface area contributed by atoms with Crippen molar-refractivity contribution < 1.29 is 17.6 Å². The first-order chi connectivity index (χ1) is 12.9. The summed E-state index contributed by atoms with van der Waals surface area (Å²) < 4.78 is 44.5. The smallest absolute Gasteiger partial charge is 0.405 e. The Kier molecular flexibility index (Phi) is 5.28. The van der Waals surface area contributed by atoms with Crippen LogP contribution in [-0.4, -0.2) is 27.9 Å². The normalized spacial score (nSPS) is 11.2. The number of pyridine rings is 1. The summed E-state index contributed by atoms with van der Waals surface area (Å²) in [5.74, 6) is 0.101. The fourth-order valence-electron chi connectivity index (χ4n) is 2.31. The largest absolute Gasteiger partial charge is 0.417 e. The lowest BCUT2D eigenvalue weighted by Crippen LogP contribution is -2.34. The molecule has 10 heteroatoms. The maximum Gasteiger partial charge on any atom is 0.405 e. The number of halogens is 4. The SMILES string of the molecule is [C-]#[N+]c1ccc(N(Cc2nnc(-c3ccccn3)o2)CC(F)(F)F)cc1Cl. The summed E-state index contributed by atoms with van der Waals surface area (Å²) >= 11 is 5.95. The predicted molar refractivity (Wildman–Crippen MR) is 92.3 cm³/mol. The summed E-state index contributed by atoms with van der Waals surface area (Å²) in [4.78, 5) is 8.25. The molecule has 0 fully saturated rings. The number of hydrogen-bond donors (Lipinski definition) is 0. The second kappa shape index (κ2) is 7.63. The van der Waals surface area contributed by atoms with Crippen LogP contribution in [0.1, 0.15) is 5.89 Å². The Hall–Kier alpha value is -3.12. The molecule has 138 valence electrons. The van der Waals surface area contributed by atoms with Crippen LogP contribution in [0.15, 0.2) is 47.0 Å². The lowest BCUT2D eigenvalue weighted by atomic mass is 10.2. The van der Waals surface area contributed by atoms with E-state index in [0.29, 0.717) is 5.69 Å². The fraction of sp³-hybridized carbons (Fsp3) is 0.176. The van der Waals surface area contributed by atoms with Gasteiger partial charge in [0.15, 0.2) is 0 Å². The number of hydrogen-bond acceptors (Lipinski definition) is 5. The summed E-state index contributed by atoms with van der Waals surface area (Å²) in [5.41, 5.74) is 0.757. The number of benzene rings is 1. The summed E-state index contributed by atoms with van der Waals surface area (Å²) in [6, 6.07) is 9.14. The Balaban J connectivity index is 1.88. The van der Waals surface area contributed by atoms with Crippen LogP contribution in [-0.2, 0) is 6.54 Å². The van der Waals surface area contributed by atoms with E-state index in [9.17, 15) is 13.2 Å². The van der Waals surface area contributed by atoms with Gasteiger partial charge in [-0.2, -0.15) is 13.2 Å². The fourth-order valence-corrected chi connectivity index (χ4v) is 2.53. The molecule has 0 unspecified atom stereocenters. The molecule has 2 aromatic heterocycles. The van der Waals surface area contributed by atoms with Gasteiger partial charge in [-0.25, -0.2) is 4.85 Å². The number of aromatic nitrogens is 3. The zero-order chi connectivity index (χ0) is 19.4. The average molecular weight is 394 g/mol. The van der Waals surface area contributed by atoms with Gasteiger partial charge in [0.2, 0.25) is 11.6 Å². The molecule has 27 heavy (non-hydrogen) atoms. The van der Waals surface area contributed by atoms with Crippen LogP contribution >= 0.6 is 11.6 Å². The number of anilines is 1. The van der Waals surface area contributed by atoms with Gasteiger partial charge >= 0.3 is 6.18 Å². The molecule has 0 N–H and O–H groups in total. The van der Waals surface area contributed by atoms with Crippen molar-refractivity contribution in [1.82, 2.24) is 15.2 Å². The van der Waals surface area contributed by atoms with Gasteiger partial charge in [-0.05, 0) is 24.3 Å². The first-order valence-corrected chi connectivity index (χ1v) is 7.96. The van der Waals surface area contributed by atoms with Gasteiger partial charge in [0.25, 0.3) is 5.89 Å². The highest BCUT2D eigenvalue weighted by Gasteiger charge is 2.32. The summed E-state index contributed by atoms with van der Waals surface area (Å²) in [6.07, 6.45) is -2.93. The molecule has 0 aliphatic heterocycles. The van der Waals surface area contributed by atoms with E-state index in [0.717, 1.165) is 4.90 Å². The average Bonchev–Trinajstić information content (AvgIpc) is 3.09. The third-order valence-electron chi connectivity index (χ3n) is 3.46. The molecule has 0 bridgehead atoms. The molecule has 0 spiro atoms. The van der Waals surface area contributed by atoms with Gasteiger partial charge in [0.1, 0.15) is 12.2 Å². The van der Waals surface area contributed by atoms with Crippen molar-refractivity contribution in [1.29, 1.82) is 0 Å². The van der Waals surface area contributed by atoms with E-state index in [2.05, 4.69) is 20.0 Å². The highest BCUT2D eigenvalue weighted by atomic mass is 35.5. The quantitative estimate of drug-likeness (QED) is 0.577. The van der Waals surface area contributed by atoms with Crippen LogP contribution in [0.4, 0.5) is 24.5 Å². The van der Waals surface area contributed by atoms with Crippen molar-refractivity contribution in [2.75, 3.05) is 11.4 Å². The van der Waals surface area contributed by atoms with Gasteiger partial charge in [-0.15, -0.1) is 10.2 Å². The number of alkyl halides is 3. The minimum atomic E-state index is -4.46. The maximum atomic E-state index is 13.0. The van der Waals surface area contributed by atoms with Crippen LogP contribution in [0.2, 0.25) is 5.02 Å². The van der Waals surface area contributed by atoms with E-state index in [1.165, 1.54) is 24.4 Å². The zero-order valence-corrected chi connectivity index (χ0v) is 14.4. The van der Waals surface area contributed by atoms with Crippen molar-refractivity contribution in [3.8, 4) is 11.6 Å². The molecule has 0 saturated heterocycles. The third-order valence-corrected chi connectivity index (χ3v) is 3.77. The van der Waals surface area contributed by atoms with Gasteiger partial charge < -0.3 is 9.32 Å². The first kappa shape index (κ1) is 18.7. The van der Waals surface area contributed by atoms with Crippen molar-refractivity contribution >= 4 is 23.0 Å². The molecule has 0 atom stereocenters. The minimum Gasteiger partial charge on any atom is -0.417 e. The van der Waals surface area contributed by atoms with Crippen LogP contribution in [0.25, 0.3) is 16.4 Å². The van der Waals surface area contributed by atoms with E-state index in [1.54, 1.807) is 18.2 Å².